The summed E-state index contributed by atoms with van der Waals surface area (Å²) in [7, 11) is 0. The second kappa shape index (κ2) is 4.79. The summed E-state index contributed by atoms with van der Waals surface area (Å²) in [5, 5.41) is 0.632. The summed E-state index contributed by atoms with van der Waals surface area (Å²) in [4.78, 5) is 17.6. The van der Waals surface area contributed by atoms with Crippen molar-refractivity contribution in [1.82, 2.24) is 4.98 Å². The number of aromatic nitrogens is 1. The van der Waals surface area contributed by atoms with Crippen molar-refractivity contribution in [3.05, 3.63) is 40.1 Å². The quantitative estimate of drug-likeness (QED) is 0.781. The Balaban J connectivity index is 2.17. The molecule has 0 bridgehead atoms. The van der Waals surface area contributed by atoms with Crippen LogP contribution in [0.2, 0.25) is 0 Å². The molecule has 3 rings (SSSR count). The maximum absolute atomic E-state index is 12.2. The van der Waals surface area contributed by atoms with Crippen LogP contribution in [0, 0.1) is 12.3 Å². The smallest absolute Gasteiger partial charge is 0.191 e. The first-order chi connectivity index (χ1) is 9.29. The van der Waals surface area contributed by atoms with Gasteiger partial charge in [-0.1, -0.05) is 12.0 Å². The molecule has 0 atom stereocenters. The first-order valence-electron chi connectivity index (χ1n) is 6.25. The van der Waals surface area contributed by atoms with Gasteiger partial charge in [0.15, 0.2) is 5.43 Å². The molecule has 0 radical (unpaired) electrons. The van der Waals surface area contributed by atoms with E-state index in [-0.39, 0.29) is 5.43 Å². The van der Waals surface area contributed by atoms with Crippen LogP contribution in [0.25, 0.3) is 10.9 Å². The van der Waals surface area contributed by atoms with E-state index in [9.17, 15) is 4.79 Å². The van der Waals surface area contributed by atoms with Crippen molar-refractivity contribution in [2.75, 3.05) is 31.2 Å². The maximum atomic E-state index is 12.2. The van der Waals surface area contributed by atoms with Gasteiger partial charge < -0.3 is 14.6 Å². The average molecular weight is 254 g/mol. The molecule has 0 spiro atoms. The molecule has 1 N–H and O–H groups in total. The van der Waals surface area contributed by atoms with Gasteiger partial charge in [-0.15, -0.1) is 6.42 Å². The van der Waals surface area contributed by atoms with Crippen molar-refractivity contribution in [3.8, 4) is 12.3 Å². The molecule has 0 aliphatic carbocycles. The summed E-state index contributed by atoms with van der Waals surface area (Å²) in [6.07, 6.45) is 5.49. The van der Waals surface area contributed by atoms with E-state index in [1.54, 1.807) is 18.2 Å². The van der Waals surface area contributed by atoms with E-state index in [0.717, 1.165) is 24.4 Å². The van der Waals surface area contributed by atoms with Crippen LogP contribution in [0.1, 0.15) is 5.56 Å². The molecule has 96 valence electrons. The fourth-order valence-corrected chi connectivity index (χ4v) is 2.35. The Kier molecular flexibility index (Phi) is 2.98. The Hall–Kier alpha value is -2.25. The van der Waals surface area contributed by atoms with Gasteiger partial charge in [-0.2, -0.15) is 0 Å². The molecule has 0 saturated carbocycles. The van der Waals surface area contributed by atoms with Crippen molar-refractivity contribution in [2.45, 2.75) is 0 Å². The zero-order chi connectivity index (χ0) is 13.2. The number of morpholine rings is 1. The van der Waals surface area contributed by atoms with Crippen molar-refractivity contribution >= 4 is 16.7 Å². The van der Waals surface area contributed by atoms with E-state index in [4.69, 9.17) is 11.2 Å². The predicted molar refractivity (Wildman–Crippen MR) is 75.5 cm³/mol. The lowest BCUT2D eigenvalue weighted by Crippen LogP contribution is -2.37. The summed E-state index contributed by atoms with van der Waals surface area (Å²) in [6, 6.07) is 7.06. The SMILES string of the molecule is C#Cc1cccc2c(=O)cc(N3CCOCC3)[nH]c12. The van der Waals surface area contributed by atoms with Gasteiger partial charge in [0.05, 0.1) is 18.7 Å². The fourth-order valence-electron chi connectivity index (χ4n) is 2.35. The number of para-hydroxylation sites is 1. The molecule has 0 amide bonds. The summed E-state index contributed by atoms with van der Waals surface area (Å²) >= 11 is 0. The highest BCUT2D eigenvalue weighted by Gasteiger charge is 2.14. The standard InChI is InChI=1S/C15H14N2O2/c1-2-11-4-3-5-12-13(18)10-14(16-15(11)12)17-6-8-19-9-7-17/h1,3-5,10H,6-9H2,(H,16,18). The van der Waals surface area contributed by atoms with Crippen LogP contribution in [-0.2, 0) is 4.74 Å². The van der Waals surface area contributed by atoms with E-state index in [2.05, 4.69) is 15.8 Å². The summed E-state index contributed by atoms with van der Waals surface area (Å²) in [6.45, 7) is 2.91. The molecule has 1 aromatic heterocycles. The van der Waals surface area contributed by atoms with Gasteiger partial charge in [-0.05, 0) is 12.1 Å². The molecule has 2 aromatic rings. The summed E-state index contributed by atoms with van der Waals surface area (Å²) in [5.74, 6) is 3.42. The molecule has 1 fully saturated rings. The van der Waals surface area contributed by atoms with Crippen molar-refractivity contribution in [1.29, 1.82) is 0 Å². The van der Waals surface area contributed by atoms with E-state index >= 15 is 0 Å². The zero-order valence-corrected chi connectivity index (χ0v) is 10.5. The number of nitrogens with zero attached hydrogens (tertiary/aromatic N) is 1. The molecule has 4 heteroatoms. The monoisotopic (exact) mass is 254 g/mol. The topological polar surface area (TPSA) is 45.3 Å². The van der Waals surface area contributed by atoms with Gasteiger partial charge in [-0.3, -0.25) is 4.79 Å². The van der Waals surface area contributed by atoms with Crippen LogP contribution in [0.4, 0.5) is 5.82 Å². The van der Waals surface area contributed by atoms with Crippen LogP contribution in [0.3, 0.4) is 0 Å². The lowest BCUT2D eigenvalue weighted by atomic mass is 10.1. The largest absolute Gasteiger partial charge is 0.378 e. The molecular weight excluding hydrogens is 240 g/mol. The van der Waals surface area contributed by atoms with Gasteiger partial charge in [0, 0.05) is 30.1 Å². The number of rotatable bonds is 1. The second-order valence-electron chi connectivity index (χ2n) is 4.49. The number of terminal acetylenes is 1. The Morgan fingerprint density at radius 2 is 2.11 bits per heavy atom. The van der Waals surface area contributed by atoms with Crippen LogP contribution < -0.4 is 10.3 Å². The minimum Gasteiger partial charge on any atom is -0.378 e. The minimum atomic E-state index is -0.00709. The number of pyridine rings is 1. The molecule has 2 heterocycles. The van der Waals surface area contributed by atoms with Crippen molar-refractivity contribution < 1.29 is 4.74 Å². The van der Waals surface area contributed by atoms with Crippen LogP contribution in [-0.4, -0.2) is 31.3 Å². The van der Waals surface area contributed by atoms with E-state index in [1.165, 1.54) is 0 Å². The second-order valence-corrected chi connectivity index (χ2v) is 4.49. The van der Waals surface area contributed by atoms with Crippen LogP contribution in [0.15, 0.2) is 29.1 Å². The maximum Gasteiger partial charge on any atom is 0.191 e. The van der Waals surface area contributed by atoms with Crippen molar-refractivity contribution in [2.24, 2.45) is 0 Å². The molecule has 1 aromatic carbocycles. The minimum absolute atomic E-state index is 0.00709. The summed E-state index contributed by atoms with van der Waals surface area (Å²) < 4.78 is 5.32. The number of hydrogen-bond donors (Lipinski definition) is 1. The van der Waals surface area contributed by atoms with E-state index < -0.39 is 0 Å². The van der Waals surface area contributed by atoms with Gasteiger partial charge >= 0.3 is 0 Å². The Bertz CT molecular complexity index is 706. The third-order valence-corrected chi connectivity index (χ3v) is 3.36. The van der Waals surface area contributed by atoms with Crippen molar-refractivity contribution in [3.63, 3.8) is 0 Å². The molecule has 1 saturated heterocycles. The number of H-pyrrole nitrogens is 1. The van der Waals surface area contributed by atoms with Gasteiger partial charge in [-0.25, -0.2) is 0 Å². The third-order valence-electron chi connectivity index (χ3n) is 3.36. The normalized spacial score (nSPS) is 15.4. The number of nitrogens with one attached hydrogen (secondary N) is 1. The number of benzene rings is 1. The van der Waals surface area contributed by atoms with E-state index in [1.807, 2.05) is 6.07 Å². The first-order valence-corrected chi connectivity index (χ1v) is 6.25. The Morgan fingerprint density at radius 3 is 2.84 bits per heavy atom. The molecule has 1 aliphatic heterocycles. The highest BCUT2D eigenvalue weighted by atomic mass is 16.5. The van der Waals surface area contributed by atoms with Crippen LogP contribution >= 0.6 is 0 Å². The average Bonchev–Trinajstić information content (AvgIpc) is 2.47. The molecule has 4 nitrogen and oxygen atoms in total. The first kappa shape index (κ1) is 11.8. The lowest BCUT2D eigenvalue weighted by molar-refractivity contribution is 0.122. The number of aromatic amines is 1. The van der Waals surface area contributed by atoms with Crippen LogP contribution in [0.5, 0.6) is 0 Å². The molecule has 19 heavy (non-hydrogen) atoms. The third kappa shape index (κ3) is 2.09. The molecule has 1 aliphatic rings. The lowest BCUT2D eigenvalue weighted by Gasteiger charge is -2.28. The number of ether oxygens (including phenoxy) is 1. The zero-order valence-electron chi connectivity index (χ0n) is 10.5. The number of fused-ring (bicyclic) bond motifs is 1. The molecular formula is C15H14N2O2. The highest BCUT2D eigenvalue weighted by molar-refractivity contribution is 5.85. The predicted octanol–water partition coefficient (Wildman–Crippen LogP) is 1.35. The Labute approximate surface area is 111 Å². The molecule has 0 unspecified atom stereocenters. The Morgan fingerprint density at radius 1 is 1.32 bits per heavy atom. The van der Waals surface area contributed by atoms with Gasteiger partial charge in [0.2, 0.25) is 0 Å². The number of anilines is 1. The summed E-state index contributed by atoms with van der Waals surface area (Å²) in [5.41, 5.74) is 1.44. The fraction of sp³-hybridized carbons (Fsp3) is 0.267. The number of hydrogen-bond acceptors (Lipinski definition) is 3. The van der Waals surface area contributed by atoms with Gasteiger partial charge in [0.25, 0.3) is 0 Å². The highest BCUT2D eigenvalue weighted by Crippen LogP contribution is 2.18. The van der Waals surface area contributed by atoms with E-state index in [0.29, 0.717) is 24.2 Å². The van der Waals surface area contributed by atoms with Gasteiger partial charge in [0.1, 0.15) is 5.82 Å².